The Morgan fingerprint density at radius 1 is 1.12 bits per heavy atom. The molecule has 0 amide bonds. The number of ketones is 2. The minimum atomic E-state index is -0.659. The highest BCUT2D eigenvalue weighted by Crippen LogP contribution is 2.64. The van der Waals surface area contributed by atoms with Crippen LogP contribution in [0.1, 0.15) is 52.0 Å². The molecule has 0 spiro atoms. The van der Waals surface area contributed by atoms with Gasteiger partial charge in [-0.25, -0.2) is 0 Å². The van der Waals surface area contributed by atoms with Crippen LogP contribution in [0.25, 0.3) is 10.9 Å². The van der Waals surface area contributed by atoms with Crippen LogP contribution in [0.15, 0.2) is 53.8 Å². The molecule has 160 valence electrons. The second kappa shape index (κ2) is 6.81. The molecule has 0 bridgehead atoms. The number of carbonyl (C=O) groups is 2. The highest BCUT2D eigenvalue weighted by atomic mass is 16.1. The number of benzene rings is 1. The molecule has 3 atom stereocenters. The lowest BCUT2D eigenvalue weighted by Crippen LogP contribution is -2.53. The zero-order chi connectivity index (χ0) is 22.7. The molecule has 0 radical (unpaired) electrons. The summed E-state index contributed by atoms with van der Waals surface area (Å²) in [6, 6.07) is 10.3. The number of nitriles is 1. The van der Waals surface area contributed by atoms with E-state index in [9.17, 15) is 14.9 Å². The third-order valence-corrected chi connectivity index (χ3v) is 8.05. The van der Waals surface area contributed by atoms with Crippen LogP contribution < -0.4 is 0 Å². The van der Waals surface area contributed by atoms with Crippen LogP contribution in [0.4, 0.5) is 0 Å². The number of hydrogen-bond donors (Lipinski definition) is 1. The van der Waals surface area contributed by atoms with Crippen molar-refractivity contribution in [2.45, 2.75) is 46.5 Å². The second-order valence-electron chi connectivity index (χ2n) is 10.2. The van der Waals surface area contributed by atoms with Gasteiger partial charge in [-0.1, -0.05) is 44.8 Å². The minimum absolute atomic E-state index is 0.0296. The average Bonchev–Trinajstić information content (AvgIpc) is 3.24. The van der Waals surface area contributed by atoms with Crippen LogP contribution in [0.3, 0.4) is 0 Å². The quantitative estimate of drug-likeness (QED) is 0.588. The number of allylic oxidation sites excluding steroid dienone is 4. The number of nitrogens with zero attached hydrogens (tertiary/aromatic N) is 1. The van der Waals surface area contributed by atoms with E-state index < -0.39 is 16.2 Å². The number of rotatable bonds is 0. The average molecular weight is 423 g/mol. The van der Waals surface area contributed by atoms with E-state index in [4.69, 9.17) is 0 Å². The van der Waals surface area contributed by atoms with Gasteiger partial charge < -0.3 is 4.98 Å². The van der Waals surface area contributed by atoms with Crippen molar-refractivity contribution < 1.29 is 9.59 Å². The normalized spacial score (nSPS) is 30.9. The molecule has 1 fully saturated rings. The van der Waals surface area contributed by atoms with Gasteiger partial charge in [-0.2, -0.15) is 5.26 Å². The molecule has 1 aromatic carbocycles. The highest BCUT2D eigenvalue weighted by Gasteiger charge is 2.59. The third-order valence-electron chi connectivity index (χ3n) is 8.05. The van der Waals surface area contributed by atoms with E-state index in [1.807, 2.05) is 38.3 Å². The van der Waals surface area contributed by atoms with Gasteiger partial charge in [-0.3, -0.25) is 9.59 Å². The molecule has 4 nitrogen and oxygen atoms in total. The van der Waals surface area contributed by atoms with E-state index >= 15 is 0 Å². The van der Waals surface area contributed by atoms with Crippen molar-refractivity contribution >= 4 is 22.5 Å². The van der Waals surface area contributed by atoms with Gasteiger partial charge in [0.05, 0.1) is 11.0 Å². The number of Topliss-reactive ketones (excluding diaryl/α,β-unsaturated/α-hetero) is 1. The van der Waals surface area contributed by atoms with E-state index in [0.29, 0.717) is 12.8 Å². The first kappa shape index (κ1) is 20.5. The van der Waals surface area contributed by atoms with Gasteiger partial charge in [0.1, 0.15) is 6.07 Å². The van der Waals surface area contributed by atoms with E-state index in [1.54, 1.807) is 6.08 Å². The number of carbonyl (C=O) groups excluding carboxylic acids is 2. The Hall–Kier alpha value is -3.37. The molecule has 0 aliphatic heterocycles. The molecule has 0 saturated heterocycles. The van der Waals surface area contributed by atoms with Crippen LogP contribution in [0.5, 0.6) is 0 Å². The van der Waals surface area contributed by atoms with E-state index in [2.05, 4.69) is 42.0 Å². The fraction of sp³-hybridized carbons (Fsp3) is 0.393. The molecule has 4 heteroatoms. The van der Waals surface area contributed by atoms with Crippen molar-refractivity contribution in [1.29, 1.82) is 5.26 Å². The lowest BCUT2D eigenvalue weighted by atomic mass is 9.45. The lowest BCUT2D eigenvalue weighted by molar-refractivity contribution is -0.130. The summed E-state index contributed by atoms with van der Waals surface area (Å²) in [6.07, 6.45) is 8.33. The predicted molar refractivity (Wildman–Crippen MR) is 123 cm³/mol. The van der Waals surface area contributed by atoms with Crippen LogP contribution in [0.2, 0.25) is 0 Å². The van der Waals surface area contributed by atoms with Gasteiger partial charge in [0.25, 0.3) is 0 Å². The van der Waals surface area contributed by atoms with Crippen LogP contribution in [-0.4, -0.2) is 16.6 Å². The fourth-order valence-corrected chi connectivity index (χ4v) is 6.40. The Morgan fingerprint density at radius 3 is 2.72 bits per heavy atom. The van der Waals surface area contributed by atoms with Gasteiger partial charge >= 0.3 is 0 Å². The molecular formula is C28H26N2O2. The van der Waals surface area contributed by atoms with E-state index in [0.717, 1.165) is 34.9 Å². The first-order valence-corrected chi connectivity index (χ1v) is 11.2. The van der Waals surface area contributed by atoms with E-state index in [-0.39, 0.29) is 23.1 Å². The standard InChI is InChI=1S/C28H26N2O2/c1-26(2)23-8-12-28(10-6-18-4-5-19-9-13-30-22(19)14-18)11-7-21(31)15-24(28)27(23,3)16-20(17-29)25(26)32/h4-5,9,13-16,23,30H,7-8,11-12H2,1-3H3. The van der Waals surface area contributed by atoms with Gasteiger partial charge in [-0.05, 0) is 60.4 Å². The fourth-order valence-electron chi connectivity index (χ4n) is 6.40. The molecule has 3 aliphatic carbocycles. The zero-order valence-corrected chi connectivity index (χ0v) is 18.7. The number of fused-ring (bicyclic) bond motifs is 4. The number of aromatic amines is 1. The molecule has 1 N–H and O–H groups in total. The summed E-state index contributed by atoms with van der Waals surface area (Å²) >= 11 is 0. The number of nitrogens with one attached hydrogen (secondary N) is 1. The van der Waals surface area contributed by atoms with Crippen molar-refractivity contribution in [3.05, 3.63) is 59.3 Å². The topological polar surface area (TPSA) is 73.7 Å². The monoisotopic (exact) mass is 422 g/mol. The molecule has 3 aliphatic rings. The summed E-state index contributed by atoms with van der Waals surface area (Å²) in [5.41, 5.74) is 1.55. The lowest BCUT2D eigenvalue weighted by Gasteiger charge is -2.57. The third kappa shape index (κ3) is 2.83. The smallest absolute Gasteiger partial charge is 0.178 e. The number of H-pyrrole nitrogens is 1. The second-order valence-corrected chi connectivity index (χ2v) is 10.2. The predicted octanol–water partition coefficient (Wildman–Crippen LogP) is 5.27. The maximum absolute atomic E-state index is 13.0. The zero-order valence-electron chi connectivity index (χ0n) is 18.7. The molecular weight excluding hydrogens is 396 g/mol. The first-order valence-electron chi connectivity index (χ1n) is 11.2. The van der Waals surface area contributed by atoms with Gasteiger partial charge in [0.2, 0.25) is 0 Å². The first-order chi connectivity index (χ1) is 15.2. The van der Waals surface area contributed by atoms with Crippen LogP contribution in [-0.2, 0) is 9.59 Å². The summed E-state index contributed by atoms with van der Waals surface area (Å²) < 4.78 is 0. The van der Waals surface area contributed by atoms with Crippen molar-refractivity contribution in [3.8, 4) is 17.9 Å². The van der Waals surface area contributed by atoms with Crippen LogP contribution >= 0.6 is 0 Å². The molecule has 1 saturated carbocycles. The minimum Gasteiger partial charge on any atom is -0.361 e. The van der Waals surface area contributed by atoms with E-state index in [1.165, 1.54) is 0 Å². The molecule has 3 unspecified atom stereocenters. The molecule has 32 heavy (non-hydrogen) atoms. The Bertz CT molecular complexity index is 1340. The summed E-state index contributed by atoms with van der Waals surface area (Å²) in [5, 5.41) is 10.8. The Kier molecular flexibility index (Phi) is 4.37. The maximum Gasteiger partial charge on any atom is 0.178 e. The largest absolute Gasteiger partial charge is 0.361 e. The SMILES string of the molecule is CC1(C)C(=O)C(C#N)=CC2(C)C3=CC(=O)CCC3(C#Cc3ccc4cc[nH]c4c3)CCC12. The van der Waals surface area contributed by atoms with Crippen molar-refractivity contribution in [3.63, 3.8) is 0 Å². The molecule has 2 aromatic rings. The highest BCUT2D eigenvalue weighted by molar-refractivity contribution is 6.04. The maximum atomic E-state index is 13.0. The summed E-state index contributed by atoms with van der Waals surface area (Å²) in [4.78, 5) is 28.8. The molecule has 1 heterocycles. The Balaban J connectivity index is 1.65. The Morgan fingerprint density at radius 2 is 1.94 bits per heavy atom. The molecule has 1 aromatic heterocycles. The van der Waals surface area contributed by atoms with Crippen LogP contribution in [0, 0.1) is 45.3 Å². The van der Waals surface area contributed by atoms with Gasteiger partial charge in [-0.15, -0.1) is 0 Å². The number of hydrogen-bond acceptors (Lipinski definition) is 3. The van der Waals surface area contributed by atoms with Crippen molar-refractivity contribution in [2.75, 3.05) is 0 Å². The Labute approximate surface area is 188 Å². The molecule has 5 rings (SSSR count). The number of aromatic nitrogens is 1. The summed E-state index contributed by atoms with van der Waals surface area (Å²) in [6.45, 7) is 5.98. The van der Waals surface area contributed by atoms with Gasteiger partial charge in [0, 0.05) is 34.5 Å². The van der Waals surface area contributed by atoms with Crippen molar-refractivity contribution in [1.82, 2.24) is 4.98 Å². The summed E-state index contributed by atoms with van der Waals surface area (Å²) in [5.74, 6) is 7.01. The van der Waals surface area contributed by atoms with Gasteiger partial charge in [0.15, 0.2) is 11.6 Å². The summed E-state index contributed by atoms with van der Waals surface area (Å²) in [7, 11) is 0. The van der Waals surface area contributed by atoms with Crippen molar-refractivity contribution in [2.24, 2.45) is 22.2 Å².